The predicted molar refractivity (Wildman–Crippen MR) is 73.0 cm³/mol. The molecule has 100 valence electrons. The van der Waals surface area contributed by atoms with Gasteiger partial charge < -0.3 is 9.47 Å². The summed E-state index contributed by atoms with van der Waals surface area (Å²) < 4.78 is 10.4. The topological polar surface area (TPSA) is 52.8 Å². The van der Waals surface area contributed by atoms with E-state index < -0.39 is 5.97 Å². The van der Waals surface area contributed by atoms with Crippen LogP contribution in [0.5, 0.6) is 11.6 Å². The quantitative estimate of drug-likeness (QED) is 0.628. The lowest BCUT2D eigenvalue weighted by atomic mass is 10.3. The fraction of sp³-hybridized carbons (Fsp3) is 0.133. The third kappa shape index (κ3) is 3.12. The number of hydrogen-bond donors (Lipinski definition) is 0. The zero-order valence-corrected chi connectivity index (χ0v) is 10.9. The van der Waals surface area contributed by atoms with Crippen LogP contribution in [0.25, 0.3) is 4.85 Å². The van der Waals surface area contributed by atoms with Crippen LogP contribution < -0.4 is 4.74 Å². The number of pyridine rings is 1. The number of ether oxygens (including phenoxy) is 2. The number of benzene rings is 1. The van der Waals surface area contributed by atoms with Crippen LogP contribution in [0.15, 0.2) is 42.6 Å². The normalized spacial score (nSPS) is 9.60. The molecule has 1 heterocycles. The first kappa shape index (κ1) is 13.6. The van der Waals surface area contributed by atoms with Crippen molar-refractivity contribution >= 4 is 11.7 Å². The van der Waals surface area contributed by atoms with Crippen molar-refractivity contribution in [3.63, 3.8) is 0 Å². The Balaban J connectivity index is 2.15. The molecule has 0 fully saturated rings. The summed E-state index contributed by atoms with van der Waals surface area (Å²) in [5, 5.41) is 0. The van der Waals surface area contributed by atoms with Crippen LogP contribution in [0.4, 0.5) is 5.69 Å². The van der Waals surface area contributed by atoms with Crippen molar-refractivity contribution < 1.29 is 14.3 Å². The number of carbonyl (C=O) groups is 1. The first-order valence-corrected chi connectivity index (χ1v) is 6.02. The molecule has 5 heteroatoms. The molecule has 5 nitrogen and oxygen atoms in total. The van der Waals surface area contributed by atoms with E-state index in [0.717, 1.165) is 0 Å². The van der Waals surface area contributed by atoms with E-state index in [4.69, 9.17) is 16.0 Å². The Hall–Kier alpha value is -2.87. The van der Waals surface area contributed by atoms with Crippen molar-refractivity contribution in [1.29, 1.82) is 0 Å². The Morgan fingerprint density at radius 3 is 2.75 bits per heavy atom. The van der Waals surface area contributed by atoms with Gasteiger partial charge in [-0.15, -0.1) is 0 Å². The minimum atomic E-state index is -0.423. The molecule has 2 aromatic rings. The fourth-order valence-electron chi connectivity index (χ4n) is 1.52. The van der Waals surface area contributed by atoms with Gasteiger partial charge in [0.1, 0.15) is 5.75 Å². The summed E-state index contributed by atoms with van der Waals surface area (Å²) in [5.41, 5.74) is 0.765. The lowest BCUT2D eigenvalue weighted by Gasteiger charge is -2.07. The molecule has 0 spiro atoms. The minimum absolute atomic E-state index is 0.314. The first-order valence-electron chi connectivity index (χ1n) is 6.02. The molecule has 0 bridgehead atoms. The molecule has 20 heavy (non-hydrogen) atoms. The van der Waals surface area contributed by atoms with Crippen LogP contribution in [0.1, 0.15) is 17.3 Å². The maximum Gasteiger partial charge on any atom is 0.339 e. The SMILES string of the molecule is [C-]#[N+]c1ccccc1Oc1ccc(C(=O)OCC)cn1. The molecule has 0 unspecified atom stereocenters. The van der Waals surface area contributed by atoms with Crippen molar-refractivity contribution in [3.8, 4) is 11.6 Å². The van der Waals surface area contributed by atoms with E-state index >= 15 is 0 Å². The molecule has 0 aliphatic heterocycles. The molecule has 0 aliphatic carbocycles. The largest absolute Gasteiger partial charge is 0.462 e. The van der Waals surface area contributed by atoms with Gasteiger partial charge >= 0.3 is 5.97 Å². The lowest BCUT2D eigenvalue weighted by Crippen LogP contribution is -2.04. The van der Waals surface area contributed by atoms with Gasteiger partial charge in [0.25, 0.3) is 0 Å². The maximum absolute atomic E-state index is 11.5. The van der Waals surface area contributed by atoms with E-state index in [2.05, 4.69) is 9.83 Å². The Bertz CT molecular complexity index is 645. The third-order valence-corrected chi connectivity index (χ3v) is 2.45. The number of aromatic nitrogens is 1. The molecule has 2 rings (SSSR count). The molecule has 0 aliphatic rings. The van der Waals surface area contributed by atoms with E-state index in [9.17, 15) is 4.79 Å². The van der Waals surface area contributed by atoms with E-state index in [-0.39, 0.29) is 0 Å². The molecule has 0 N–H and O–H groups in total. The van der Waals surface area contributed by atoms with Crippen LogP contribution in [-0.4, -0.2) is 17.6 Å². The van der Waals surface area contributed by atoms with Crippen molar-refractivity contribution in [2.45, 2.75) is 6.92 Å². The smallest absolute Gasteiger partial charge is 0.339 e. The van der Waals surface area contributed by atoms with Crippen LogP contribution in [0, 0.1) is 6.57 Å². The molecule has 0 saturated heterocycles. The molecule has 1 aromatic heterocycles. The Morgan fingerprint density at radius 1 is 1.30 bits per heavy atom. The van der Waals surface area contributed by atoms with Gasteiger partial charge in [-0.2, -0.15) is 0 Å². The van der Waals surface area contributed by atoms with Crippen LogP contribution in [0.2, 0.25) is 0 Å². The van der Waals surface area contributed by atoms with E-state index in [1.807, 2.05) is 0 Å². The standard InChI is InChI=1S/C15H12N2O3/c1-3-19-15(18)11-8-9-14(17-10-11)20-13-7-5-4-6-12(13)16-2/h4-10H,3H2,1H3. The molecule has 0 saturated carbocycles. The van der Waals surface area contributed by atoms with Crippen molar-refractivity contribution in [3.05, 3.63) is 59.6 Å². The zero-order chi connectivity index (χ0) is 14.4. The fourth-order valence-corrected chi connectivity index (χ4v) is 1.52. The lowest BCUT2D eigenvalue weighted by molar-refractivity contribution is 0.0526. The molecule has 0 atom stereocenters. The Morgan fingerprint density at radius 2 is 2.10 bits per heavy atom. The summed E-state index contributed by atoms with van der Waals surface area (Å²) >= 11 is 0. The number of nitrogens with zero attached hydrogens (tertiary/aromatic N) is 2. The van der Waals surface area contributed by atoms with Gasteiger partial charge in [-0.05, 0) is 19.1 Å². The van der Waals surface area contributed by atoms with Gasteiger partial charge in [0.05, 0.1) is 18.7 Å². The summed E-state index contributed by atoms with van der Waals surface area (Å²) in [7, 11) is 0. The van der Waals surface area contributed by atoms with Gasteiger partial charge in [0, 0.05) is 12.3 Å². The van der Waals surface area contributed by atoms with Crippen molar-refractivity contribution in [1.82, 2.24) is 4.98 Å². The average molecular weight is 268 g/mol. The highest BCUT2D eigenvalue weighted by atomic mass is 16.5. The molecule has 0 radical (unpaired) electrons. The minimum Gasteiger partial charge on any atom is -0.462 e. The van der Waals surface area contributed by atoms with Gasteiger partial charge in [0.15, 0.2) is 0 Å². The van der Waals surface area contributed by atoms with Gasteiger partial charge in [0.2, 0.25) is 11.6 Å². The summed E-state index contributed by atoms with van der Waals surface area (Å²) in [6.07, 6.45) is 1.38. The number of esters is 1. The summed E-state index contributed by atoms with van der Waals surface area (Å²) in [6, 6.07) is 10.0. The van der Waals surface area contributed by atoms with E-state index in [0.29, 0.717) is 29.5 Å². The highest BCUT2D eigenvalue weighted by Crippen LogP contribution is 2.30. The maximum atomic E-state index is 11.5. The highest BCUT2D eigenvalue weighted by Gasteiger charge is 2.08. The Labute approximate surface area is 116 Å². The monoisotopic (exact) mass is 268 g/mol. The van der Waals surface area contributed by atoms with E-state index in [1.54, 1.807) is 43.3 Å². The second-order valence-corrected chi connectivity index (χ2v) is 3.79. The second-order valence-electron chi connectivity index (χ2n) is 3.79. The van der Waals surface area contributed by atoms with Gasteiger partial charge in [-0.3, -0.25) is 0 Å². The van der Waals surface area contributed by atoms with Crippen LogP contribution in [-0.2, 0) is 4.74 Å². The highest BCUT2D eigenvalue weighted by molar-refractivity contribution is 5.89. The summed E-state index contributed by atoms with van der Waals surface area (Å²) in [4.78, 5) is 18.9. The zero-order valence-electron chi connectivity index (χ0n) is 10.9. The van der Waals surface area contributed by atoms with Gasteiger partial charge in [-0.1, -0.05) is 18.2 Å². The van der Waals surface area contributed by atoms with Crippen LogP contribution >= 0.6 is 0 Å². The summed E-state index contributed by atoms with van der Waals surface area (Å²) in [6.45, 7) is 9.11. The van der Waals surface area contributed by atoms with Crippen molar-refractivity contribution in [2.24, 2.45) is 0 Å². The Kier molecular flexibility index (Phi) is 4.30. The summed E-state index contributed by atoms with van der Waals surface area (Å²) in [5.74, 6) is 0.321. The van der Waals surface area contributed by atoms with Crippen molar-refractivity contribution in [2.75, 3.05) is 6.61 Å². The predicted octanol–water partition coefficient (Wildman–Crippen LogP) is 3.60. The molecule has 1 aromatic carbocycles. The van der Waals surface area contributed by atoms with E-state index in [1.165, 1.54) is 6.20 Å². The number of rotatable bonds is 4. The molecular formula is C15H12N2O3. The molecular weight excluding hydrogens is 256 g/mol. The molecule has 0 amide bonds. The number of hydrogen-bond acceptors (Lipinski definition) is 4. The average Bonchev–Trinajstić information content (AvgIpc) is 2.49. The third-order valence-electron chi connectivity index (χ3n) is 2.45. The van der Waals surface area contributed by atoms with Gasteiger partial charge in [-0.25, -0.2) is 14.6 Å². The number of para-hydroxylation sites is 2. The van der Waals surface area contributed by atoms with Crippen LogP contribution in [0.3, 0.4) is 0 Å². The second kappa shape index (κ2) is 6.34. The number of carbonyl (C=O) groups excluding carboxylic acids is 1. The first-order chi connectivity index (χ1) is 9.74.